The van der Waals surface area contributed by atoms with Crippen LogP contribution in [0.3, 0.4) is 0 Å². The second kappa shape index (κ2) is 3.74. The molecule has 0 bridgehead atoms. The highest BCUT2D eigenvalue weighted by Gasteiger charge is 2.23. The average Bonchev–Trinajstić information content (AvgIpc) is 2.10. The minimum atomic E-state index is -1.54. The zero-order valence-corrected chi connectivity index (χ0v) is 6.60. The summed E-state index contributed by atoms with van der Waals surface area (Å²) in [5.74, 6) is 0. The van der Waals surface area contributed by atoms with Gasteiger partial charge in [-0.25, -0.2) is 9.59 Å². The summed E-state index contributed by atoms with van der Waals surface area (Å²) in [5.41, 5.74) is -1.15. The van der Waals surface area contributed by atoms with Gasteiger partial charge in [-0.1, -0.05) is 6.08 Å². The number of aliphatic imine (C=N–C) groups is 2. The lowest BCUT2D eigenvalue weighted by Gasteiger charge is -2.18. The fourth-order valence-corrected chi connectivity index (χ4v) is 0.907. The van der Waals surface area contributed by atoms with Crippen molar-refractivity contribution in [1.82, 2.24) is 0 Å². The van der Waals surface area contributed by atoms with E-state index in [0.717, 1.165) is 0 Å². The van der Waals surface area contributed by atoms with Gasteiger partial charge in [0.05, 0.1) is 5.70 Å². The molecule has 0 aromatic heterocycles. The van der Waals surface area contributed by atoms with Crippen LogP contribution >= 0.6 is 0 Å². The lowest BCUT2D eigenvalue weighted by atomic mass is 10.0. The maximum absolute atomic E-state index is 9.89. The number of isocyanates is 2. The van der Waals surface area contributed by atoms with Gasteiger partial charge in [0, 0.05) is 6.42 Å². The van der Waals surface area contributed by atoms with Gasteiger partial charge in [0.2, 0.25) is 12.2 Å². The first-order valence-electron chi connectivity index (χ1n) is 3.49. The molecule has 0 aromatic carbocycles. The van der Waals surface area contributed by atoms with Crippen LogP contribution in [0.5, 0.6) is 0 Å². The zero-order chi connectivity index (χ0) is 9.73. The molecule has 1 atom stereocenters. The van der Waals surface area contributed by atoms with Crippen molar-refractivity contribution in [2.24, 2.45) is 9.98 Å². The quantitative estimate of drug-likeness (QED) is 0.484. The van der Waals surface area contributed by atoms with Crippen LogP contribution in [0.25, 0.3) is 0 Å². The van der Waals surface area contributed by atoms with E-state index in [-0.39, 0.29) is 6.42 Å². The van der Waals surface area contributed by atoms with E-state index in [1.54, 1.807) is 0 Å². The Hall–Kier alpha value is -1.80. The average molecular weight is 178 g/mol. The minimum absolute atomic E-state index is 0.0965. The summed E-state index contributed by atoms with van der Waals surface area (Å²) in [6.45, 7) is 0. The van der Waals surface area contributed by atoms with E-state index in [1.165, 1.54) is 30.4 Å². The first-order valence-corrected chi connectivity index (χ1v) is 3.49. The summed E-state index contributed by atoms with van der Waals surface area (Å²) in [6.07, 6.45) is 6.85. The number of hydrogen-bond acceptors (Lipinski definition) is 5. The standard InChI is InChI=1S/C8H6N2O3/c11-5-9-7-1-3-8(13,4-2-7)10-6-12/h1-3,13H,4H2. The smallest absolute Gasteiger partial charge is 0.240 e. The molecule has 0 fully saturated rings. The predicted molar refractivity (Wildman–Crippen MR) is 43.0 cm³/mol. The van der Waals surface area contributed by atoms with E-state index in [0.29, 0.717) is 5.70 Å². The van der Waals surface area contributed by atoms with E-state index < -0.39 is 5.72 Å². The number of aliphatic hydroxyl groups is 1. The Kier molecular flexibility index (Phi) is 2.67. The third-order valence-electron chi connectivity index (χ3n) is 1.55. The van der Waals surface area contributed by atoms with Gasteiger partial charge in [0.1, 0.15) is 0 Å². The van der Waals surface area contributed by atoms with Crippen molar-refractivity contribution in [2.45, 2.75) is 12.1 Å². The molecule has 0 saturated heterocycles. The highest BCUT2D eigenvalue weighted by Crippen LogP contribution is 2.21. The molecule has 0 radical (unpaired) electrons. The minimum Gasteiger partial charge on any atom is -0.365 e. The van der Waals surface area contributed by atoms with Crippen molar-refractivity contribution in [2.75, 3.05) is 0 Å². The molecule has 1 N–H and O–H groups in total. The van der Waals surface area contributed by atoms with Crippen LogP contribution in [-0.2, 0) is 9.59 Å². The van der Waals surface area contributed by atoms with E-state index in [4.69, 9.17) is 0 Å². The van der Waals surface area contributed by atoms with Crippen molar-refractivity contribution in [3.8, 4) is 0 Å². The zero-order valence-electron chi connectivity index (χ0n) is 6.60. The van der Waals surface area contributed by atoms with Crippen molar-refractivity contribution in [3.05, 3.63) is 23.9 Å². The van der Waals surface area contributed by atoms with Gasteiger partial charge in [0.15, 0.2) is 5.72 Å². The van der Waals surface area contributed by atoms with Crippen LogP contribution in [0.2, 0.25) is 0 Å². The first-order chi connectivity index (χ1) is 6.20. The molecule has 0 heterocycles. The number of allylic oxidation sites excluding steroid dienone is 1. The molecule has 1 aliphatic carbocycles. The third kappa shape index (κ3) is 2.32. The van der Waals surface area contributed by atoms with Crippen LogP contribution in [0, 0.1) is 0 Å². The van der Waals surface area contributed by atoms with Gasteiger partial charge in [-0.3, -0.25) is 0 Å². The second-order valence-electron chi connectivity index (χ2n) is 2.45. The maximum Gasteiger partial charge on any atom is 0.240 e. The lowest BCUT2D eigenvalue weighted by molar-refractivity contribution is 0.103. The molecule has 66 valence electrons. The molecule has 5 nitrogen and oxygen atoms in total. The molecule has 0 aliphatic heterocycles. The maximum atomic E-state index is 9.89. The number of hydrogen-bond donors (Lipinski definition) is 1. The fourth-order valence-electron chi connectivity index (χ4n) is 0.907. The molecule has 13 heavy (non-hydrogen) atoms. The van der Waals surface area contributed by atoms with Gasteiger partial charge in [-0.2, -0.15) is 9.98 Å². The summed E-state index contributed by atoms with van der Waals surface area (Å²) in [7, 11) is 0. The Bertz CT molecular complexity index is 360. The monoisotopic (exact) mass is 178 g/mol. The highest BCUT2D eigenvalue weighted by atomic mass is 16.3. The van der Waals surface area contributed by atoms with E-state index >= 15 is 0 Å². The van der Waals surface area contributed by atoms with Gasteiger partial charge >= 0.3 is 0 Å². The summed E-state index contributed by atoms with van der Waals surface area (Å²) < 4.78 is 0. The first kappa shape index (κ1) is 9.29. The molecule has 0 aromatic rings. The van der Waals surface area contributed by atoms with E-state index in [1.807, 2.05) is 0 Å². The van der Waals surface area contributed by atoms with Crippen molar-refractivity contribution >= 4 is 12.2 Å². The van der Waals surface area contributed by atoms with Crippen LogP contribution in [0.4, 0.5) is 0 Å². The Balaban J connectivity index is 2.83. The second-order valence-corrected chi connectivity index (χ2v) is 2.45. The Labute approximate surface area is 73.8 Å². The van der Waals surface area contributed by atoms with Gasteiger partial charge < -0.3 is 5.11 Å². The third-order valence-corrected chi connectivity index (χ3v) is 1.55. The normalized spacial score (nSPS) is 25.5. The van der Waals surface area contributed by atoms with Gasteiger partial charge in [-0.05, 0) is 12.2 Å². The van der Waals surface area contributed by atoms with Crippen LogP contribution < -0.4 is 0 Å². The molecule has 0 spiro atoms. The molecule has 1 aliphatic rings. The van der Waals surface area contributed by atoms with Gasteiger partial charge in [0.25, 0.3) is 0 Å². The molecule has 5 heteroatoms. The summed E-state index contributed by atoms with van der Waals surface area (Å²) in [5, 5.41) is 9.46. The Morgan fingerprint density at radius 3 is 2.69 bits per heavy atom. The number of nitrogens with zero attached hydrogens (tertiary/aromatic N) is 2. The SMILES string of the molecule is O=C=NC1=CCC(O)(N=C=O)C=C1. The van der Waals surface area contributed by atoms with Crippen molar-refractivity contribution < 1.29 is 14.7 Å². The molecule has 1 unspecified atom stereocenters. The largest absolute Gasteiger partial charge is 0.365 e. The Morgan fingerprint density at radius 2 is 2.23 bits per heavy atom. The topological polar surface area (TPSA) is 79.1 Å². The molecule has 0 saturated carbocycles. The summed E-state index contributed by atoms with van der Waals surface area (Å²) in [4.78, 5) is 26.3. The number of rotatable bonds is 2. The van der Waals surface area contributed by atoms with E-state index in [2.05, 4.69) is 9.98 Å². The van der Waals surface area contributed by atoms with Gasteiger partial charge in [-0.15, -0.1) is 0 Å². The predicted octanol–water partition coefficient (Wildman–Crippen LogP) is 0.190. The highest BCUT2D eigenvalue weighted by molar-refractivity contribution is 5.42. The molecule has 0 amide bonds. The molecule has 1 rings (SSSR count). The number of carbonyl (C=O) groups excluding carboxylic acids is 2. The lowest BCUT2D eigenvalue weighted by Crippen LogP contribution is -2.23. The van der Waals surface area contributed by atoms with Crippen molar-refractivity contribution in [3.63, 3.8) is 0 Å². The van der Waals surface area contributed by atoms with Crippen molar-refractivity contribution in [1.29, 1.82) is 0 Å². The molecular weight excluding hydrogens is 172 g/mol. The summed E-state index contributed by atoms with van der Waals surface area (Å²) >= 11 is 0. The fraction of sp³-hybridized carbons (Fsp3) is 0.250. The molecular formula is C8H6N2O3. The van der Waals surface area contributed by atoms with Crippen LogP contribution in [0.15, 0.2) is 33.9 Å². The Morgan fingerprint density at radius 1 is 1.46 bits per heavy atom. The van der Waals surface area contributed by atoms with E-state index in [9.17, 15) is 14.7 Å². The van der Waals surface area contributed by atoms with Crippen LogP contribution in [0.1, 0.15) is 6.42 Å². The van der Waals surface area contributed by atoms with Crippen LogP contribution in [-0.4, -0.2) is 23.0 Å². The summed E-state index contributed by atoms with van der Waals surface area (Å²) in [6, 6.07) is 0.